The molecule has 2 aromatic rings. The van der Waals surface area contributed by atoms with Crippen molar-refractivity contribution in [2.45, 2.75) is 56.5 Å². The molecular formula is C23H31N3O6S. The third kappa shape index (κ3) is 6.66. The summed E-state index contributed by atoms with van der Waals surface area (Å²) in [6.07, 6.45) is 0.617. The van der Waals surface area contributed by atoms with Gasteiger partial charge in [0.15, 0.2) is 0 Å². The standard InChI is InChI=1S/C23H31N3O6S/c1-23(2,3)26-33(30,31)20-9-5-6-16-17(20)7-4-8-18(16)24-21(27)19(25-22(28)29)14-15-10-12-32-13-11-15/h4-9,15,19,25-26H,10-14H2,1-3H3,(H,24,27)(H,28,29)/t19-/m0/s1. The van der Waals surface area contributed by atoms with Crippen LogP contribution < -0.4 is 15.4 Å². The van der Waals surface area contributed by atoms with Gasteiger partial charge in [-0.1, -0.05) is 24.3 Å². The molecule has 2 amide bonds. The van der Waals surface area contributed by atoms with Gasteiger partial charge in [-0.05, 0) is 58.1 Å². The number of hydrogen-bond acceptors (Lipinski definition) is 5. The summed E-state index contributed by atoms with van der Waals surface area (Å²) >= 11 is 0. The van der Waals surface area contributed by atoms with E-state index in [0.717, 1.165) is 12.8 Å². The van der Waals surface area contributed by atoms with Crippen LogP contribution in [-0.2, 0) is 19.6 Å². The molecule has 2 aromatic carbocycles. The number of benzene rings is 2. The Hall–Kier alpha value is -2.69. The Kier molecular flexibility index (Phi) is 7.61. The van der Waals surface area contributed by atoms with Gasteiger partial charge in [0.05, 0.1) is 4.90 Å². The van der Waals surface area contributed by atoms with Gasteiger partial charge in [0.1, 0.15) is 6.04 Å². The van der Waals surface area contributed by atoms with Gasteiger partial charge in [-0.25, -0.2) is 17.9 Å². The molecule has 10 heteroatoms. The summed E-state index contributed by atoms with van der Waals surface area (Å²) in [5.74, 6) is -0.313. The van der Waals surface area contributed by atoms with E-state index in [2.05, 4.69) is 15.4 Å². The minimum Gasteiger partial charge on any atom is -0.465 e. The smallest absolute Gasteiger partial charge is 0.405 e. The maximum absolute atomic E-state index is 13.0. The molecule has 1 aliphatic heterocycles. The van der Waals surface area contributed by atoms with Gasteiger partial charge in [0, 0.05) is 35.2 Å². The largest absolute Gasteiger partial charge is 0.465 e. The first-order valence-corrected chi connectivity index (χ1v) is 12.4. The van der Waals surface area contributed by atoms with E-state index in [1.807, 2.05) is 0 Å². The van der Waals surface area contributed by atoms with E-state index in [1.165, 1.54) is 6.07 Å². The molecule has 1 aliphatic rings. The summed E-state index contributed by atoms with van der Waals surface area (Å²) in [5, 5.41) is 15.3. The maximum Gasteiger partial charge on any atom is 0.405 e. The van der Waals surface area contributed by atoms with Gasteiger partial charge in [-0.2, -0.15) is 0 Å². The number of sulfonamides is 1. The monoisotopic (exact) mass is 477 g/mol. The summed E-state index contributed by atoms with van der Waals surface area (Å²) in [4.78, 5) is 24.4. The minimum atomic E-state index is -3.81. The highest BCUT2D eigenvalue weighted by molar-refractivity contribution is 7.89. The molecule has 0 radical (unpaired) electrons. The number of hydrogen-bond donors (Lipinski definition) is 4. The minimum absolute atomic E-state index is 0.105. The highest BCUT2D eigenvalue weighted by Gasteiger charge is 2.27. The van der Waals surface area contributed by atoms with E-state index in [1.54, 1.807) is 51.1 Å². The van der Waals surface area contributed by atoms with Crippen LogP contribution in [-0.4, -0.2) is 50.3 Å². The molecule has 3 rings (SSSR count). The van der Waals surface area contributed by atoms with E-state index >= 15 is 0 Å². The van der Waals surface area contributed by atoms with Crippen molar-refractivity contribution in [2.24, 2.45) is 5.92 Å². The van der Waals surface area contributed by atoms with E-state index in [4.69, 9.17) is 4.74 Å². The van der Waals surface area contributed by atoms with Crippen LogP contribution >= 0.6 is 0 Å². The second-order valence-corrected chi connectivity index (χ2v) is 10.9. The van der Waals surface area contributed by atoms with Gasteiger partial charge in [-0.3, -0.25) is 4.79 Å². The van der Waals surface area contributed by atoms with E-state index in [0.29, 0.717) is 36.1 Å². The number of carbonyl (C=O) groups excluding carboxylic acids is 1. The number of carboxylic acid groups (broad SMARTS) is 1. The number of rotatable bonds is 7. The Labute approximate surface area is 193 Å². The molecule has 180 valence electrons. The van der Waals surface area contributed by atoms with E-state index in [9.17, 15) is 23.1 Å². The third-order valence-corrected chi connectivity index (χ3v) is 7.21. The normalized spacial score (nSPS) is 16.3. The van der Waals surface area contributed by atoms with Crippen molar-refractivity contribution in [3.05, 3.63) is 36.4 Å². The number of fused-ring (bicyclic) bond motifs is 1. The molecule has 0 aromatic heterocycles. The first-order chi connectivity index (χ1) is 15.5. The zero-order valence-electron chi connectivity index (χ0n) is 19.1. The first kappa shape index (κ1) is 24.9. The summed E-state index contributed by atoms with van der Waals surface area (Å²) in [6.45, 7) is 6.46. The fourth-order valence-corrected chi connectivity index (χ4v) is 5.64. The third-order valence-electron chi connectivity index (χ3n) is 5.39. The number of anilines is 1. The molecule has 1 atom stereocenters. The molecule has 1 saturated heterocycles. The quantitative estimate of drug-likeness (QED) is 0.483. The van der Waals surface area contributed by atoms with Crippen LogP contribution in [0.5, 0.6) is 0 Å². The summed E-state index contributed by atoms with van der Waals surface area (Å²) in [6, 6.07) is 8.92. The number of nitrogens with one attached hydrogen (secondary N) is 3. The summed E-state index contributed by atoms with van der Waals surface area (Å²) < 4.78 is 33.9. The topological polar surface area (TPSA) is 134 Å². The molecule has 33 heavy (non-hydrogen) atoms. The van der Waals surface area contributed by atoms with E-state index < -0.39 is 33.6 Å². The van der Waals surface area contributed by atoms with Crippen LogP contribution in [0.15, 0.2) is 41.3 Å². The van der Waals surface area contributed by atoms with Crippen LogP contribution in [0.3, 0.4) is 0 Å². The molecule has 0 aliphatic carbocycles. The molecule has 0 saturated carbocycles. The maximum atomic E-state index is 13.0. The molecule has 0 unspecified atom stereocenters. The molecule has 9 nitrogen and oxygen atoms in total. The van der Waals surface area contributed by atoms with Crippen LogP contribution in [0, 0.1) is 5.92 Å². The highest BCUT2D eigenvalue weighted by atomic mass is 32.2. The lowest BCUT2D eigenvalue weighted by molar-refractivity contribution is -0.118. The van der Waals surface area contributed by atoms with Gasteiger partial charge in [0.25, 0.3) is 0 Å². The zero-order valence-corrected chi connectivity index (χ0v) is 19.9. The molecule has 0 bridgehead atoms. The van der Waals surface area contributed by atoms with Gasteiger partial charge in [-0.15, -0.1) is 0 Å². The van der Waals surface area contributed by atoms with Crippen molar-refractivity contribution in [1.29, 1.82) is 0 Å². The Morgan fingerprint density at radius 2 is 1.73 bits per heavy atom. The Balaban J connectivity index is 1.90. The fourth-order valence-electron chi connectivity index (χ4n) is 4.00. The SMILES string of the molecule is CC(C)(C)NS(=O)(=O)c1cccc2c(NC(=O)[C@H](CC3CCOCC3)NC(=O)O)cccc12. The molecular weight excluding hydrogens is 446 g/mol. The second-order valence-electron chi connectivity index (χ2n) is 9.30. The van der Waals surface area contributed by atoms with E-state index in [-0.39, 0.29) is 10.8 Å². The van der Waals surface area contributed by atoms with Crippen molar-refractivity contribution >= 4 is 38.5 Å². The van der Waals surface area contributed by atoms with Gasteiger partial charge < -0.3 is 20.5 Å². The van der Waals surface area contributed by atoms with Crippen molar-refractivity contribution in [2.75, 3.05) is 18.5 Å². The highest BCUT2D eigenvalue weighted by Crippen LogP contribution is 2.30. The lowest BCUT2D eigenvalue weighted by Gasteiger charge is -2.26. The summed E-state index contributed by atoms with van der Waals surface area (Å²) in [7, 11) is -3.81. The Morgan fingerprint density at radius 1 is 1.09 bits per heavy atom. The predicted octanol–water partition coefficient (Wildman–Crippen LogP) is 3.31. The van der Waals surface area contributed by atoms with Crippen molar-refractivity contribution in [3.8, 4) is 0 Å². The van der Waals surface area contributed by atoms with Crippen LogP contribution in [0.1, 0.15) is 40.0 Å². The Morgan fingerprint density at radius 3 is 2.36 bits per heavy atom. The van der Waals surface area contributed by atoms with Crippen molar-refractivity contribution in [3.63, 3.8) is 0 Å². The van der Waals surface area contributed by atoms with Crippen LogP contribution in [0.4, 0.5) is 10.5 Å². The lowest BCUT2D eigenvalue weighted by Crippen LogP contribution is -2.44. The fraction of sp³-hybridized carbons (Fsp3) is 0.478. The van der Waals surface area contributed by atoms with Crippen LogP contribution in [0.25, 0.3) is 10.8 Å². The number of carbonyl (C=O) groups is 2. The molecule has 4 N–H and O–H groups in total. The second kappa shape index (κ2) is 10.1. The average Bonchev–Trinajstić information content (AvgIpc) is 2.72. The number of ether oxygens (including phenoxy) is 1. The lowest BCUT2D eigenvalue weighted by atomic mass is 9.92. The average molecular weight is 478 g/mol. The van der Waals surface area contributed by atoms with Crippen LogP contribution in [0.2, 0.25) is 0 Å². The van der Waals surface area contributed by atoms with Gasteiger partial charge >= 0.3 is 6.09 Å². The first-order valence-electron chi connectivity index (χ1n) is 10.9. The predicted molar refractivity (Wildman–Crippen MR) is 126 cm³/mol. The molecule has 1 fully saturated rings. The zero-order chi connectivity index (χ0) is 24.2. The number of amides is 2. The van der Waals surface area contributed by atoms with Crippen molar-refractivity contribution < 1.29 is 27.9 Å². The molecule has 0 spiro atoms. The van der Waals surface area contributed by atoms with Crippen molar-refractivity contribution in [1.82, 2.24) is 10.0 Å². The van der Waals surface area contributed by atoms with Gasteiger partial charge in [0.2, 0.25) is 15.9 Å². The summed E-state index contributed by atoms with van der Waals surface area (Å²) in [5.41, 5.74) is -0.248. The molecule has 1 heterocycles. The Bertz CT molecular complexity index is 1120.